The highest BCUT2D eigenvalue weighted by molar-refractivity contribution is 7.46. The van der Waals surface area contributed by atoms with E-state index in [1.165, 1.54) is 6.33 Å². The van der Waals surface area contributed by atoms with Crippen LogP contribution in [0.25, 0.3) is 11.2 Å². The van der Waals surface area contributed by atoms with E-state index in [2.05, 4.69) is 24.8 Å². The van der Waals surface area contributed by atoms with E-state index in [0.717, 1.165) is 0 Å². The van der Waals surface area contributed by atoms with Crippen molar-refractivity contribution in [2.75, 3.05) is 18.9 Å². The van der Waals surface area contributed by atoms with Gasteiger partial charge in [0, 0.05) is 6.42 Å². The van der Waals surface area contributed by atoms with Gasteiger partial charge in [-0.15, -0.1) is 5.10 Å². The van der Waals surface area contributed by atoms with Crippen molar-refractivity contribution >= 4 is 24.8 Å². The summed E-state index contributed by atoms with van der Waals surface area (Å²) in [4.78, 5) is 25.3. The van der Waals surface area contributed by atoms with Crippen LogP contribution in [0.1, 0.15) is 12.5 Å². The molecule has 114 valence electrons. The predicted molar refractivity (Wildman–Crippen MR) is 68.9 cm³/mol. The van der Waals surface area contributed by atoms with E-state index in [4.69, 9.17) is 20.3 Å². The first-order valence-corrected chi connectivity index (χ1v) is 7.60. The van der Waals surface area contributed by atoms with Crippen LogP contribution < -0.4 is 5.73 Å². The van der Waals surface area contributed by atoms with E-state index in [0.29, 0.717) is 24.2 Å². The highest BCUT2D eigenvalue weighted by Crippen LogP contribution is 2.37. The van der Waals surface area contributed by atoms with Crippen molar-refractivity contribution in [1.29, 1.82) is 0 Å². The van der Waals surface area contributed by atoms with Gasteiger partial charge in [-0.25, -0.2) is 19.2 Å². The molecule has 2 atom stereocenters. The lowest BCUT2D eigenvalue weighted by atomic mass is 10.2. The van der Waals surface area contributed by atoms with Crippen LogP contribution in [0.3, 0.4) is 0 Å². The van der Waals surface area contributed by atoms with Crippen molar-refractivity contribution in [3.63, 3.8) is 0 Å². The van der Waals surface area contributed by atoms with Gasteiger partial charge in [0.05, 0.1) is 25.4 Å². The Balaban J connectivity index is 1.73. The molecule has 11 nitrogen and oxygen atoms in total. The SMILES string of the molecule is Nc1ncnc2c1nnn2[C@H]1CO[C@@H](COP(=O)(O)O)C1. The summed E-state index contributed by atoms with van der Waals surface area (Å²) < 4.78 is 22.1. The first-order valence-electron chi connectivity index (χ1n) is 6.07. The van der Waals surface area contributed by atoms with Gasteiger partial charge in [0.2, 0.25) is 0 Å². The number of anilines is 1. The second kappa shape index (κ2) is 5.28. The van der Waals surface area contributed by atoms with E-state index in [1.807, 2.05) is 0 Å². The van der Waals surface area contributed by atoms with Crippen LogP contribution in [-0.4, -0.2) is 54.1 Å². The number of rotatable bonds is 4. The van der Waals surface area contributed by atoms with Crippen LogP contribution >= 0.6 is 7.82 Å². The fourth-order valence-corrected chi connectivity index (χ4v) is 2.54. The molecule has 0 unspecified atom stereocenters. The summed E-state index contributed by atoms with van der Waals surface area (Å²) in [6.45, 7) is 0.127. The first kappa shape index (κ1) is 14.3. The lowest BCUT2D eigenvalue weighted by Crippen LogP contribution is -2.14. The molecular weight excluding hydrogens is 303 g/mol. The molecule has 0 radical (unpaired) electrons. The normalized spacial score (nSPS) is 23.0. The van der Waals surface area contributed by atoms with Crippen LogP contribution in [0, 0.1) is 0 Å². The molecule has 0 spiro atoms. The molecule has 1 saturated heterocycles. The Morgan fingerprint density at radius 3 is 3.10 bits per heavy atom. The Bertz CT molecular complexity index is 701. The second-order valence-corrected chi connectivity index (χ2v) is 5.84. The van der Waals surface area contributed by atoms with Gasteiger partial charge >= 0.3 is 7.82 Å². The zero-order valence-electron chi connectivity index (χ0n) is 10.7. The molecular formula is C9H13N6O5P. The number of phosphoric ester groups is 1. The molecule has 2 aromatic rings. The quantitative estimate of drug-likeness (QED) is 0.612. The molecule has 21 heavy (non-hydrogen) atoms. The zero-order valence-corrected chi connectivity index (χ0v) is 11.6. The molecule has 3 heterocycles. The van der Waals surface area contributed by atoms with Crippen molar-refractivity contribution < 1.29 is 23.6 Å². The monoisotopic (exact) mass is 316 g/mol. The van der Waals surface area contributed by atoms with E-state index in [1.54, 1.807) is 4.68 Å². The maximum absolute atomic E-state index is 10.7. The number of aromatic nitrogens is 5. The van der Waals surface area contributed by atoms with Gasteiger partial charge in [-0.3, -0.25) is 4.52 Å². The molecule has 0 aromatic carbocycles. The van der Waals surface area contributed by atoms with Gasteiger partial charge in [0.25, 0.3) is 0 Å². The molecule has 1 aliphatic heterocycles. The van der Waals surface area contributed by atoms with Crippen molar-refractivity contribution in [2.45, 2.75) is 18.6 Å². The number of nitrogen functional groups attached to an aromatic ring is 1. The molecule has 4 N–H and O–H groups in total. The molecule has 1 aliphatic rings. The molecule has 0 aliphatic carbocycles. The fourth-order valence-electron chi connectivity index (χ4n) is 2.18. The second-order valence-electron chi connectivity index (χ2n) is 4.60. The van der Waals surface area contributed by atoms with Gasteiger partial charge < -0.3 is 20.3 Å². The van der Waals surface area contributed by atoms with Crippen molar-refractivity contribution in [3.05, 3.63) is 6.33 Å². The minimum absolute atomic E-state index is 0.158. The van der Waals surface area contributed by atoms with Gasteiger partial charge in [0.15, 0.2) is 17.0 Å². The van der Waals surface area contributed by atoms with Gasteiger partial charge in [-0.1, -0.05) is 5.21 Å². The van der Waals surface area contributed by atoms with Crippen molar-refractivity contribution in [3.8, 4) is 0 Å². The number of hydrogen-bond acceptors (Lipinski definition) is 8. The number of ether oxygens (including phenoxy) is 1. The van der Waals surface area contributed by atoms with E-state index < -0.39 is 13.9 Å². The number of fused-ring (bicyclic) bond motifs is 1. The summed E-state index contributed by atoms with van der Waals surface area (Å²) in [6, 6.07) is -0.158. The Morgan fingerprint density at radius 2 is 2.33 bits per heavy atom. The highest BCUT2D eigenvalue weighted by Gasteiger charge is 2.31. The standard InChI is InChI=1S/C9H13N6O5P/c10-8-7-9(12-4-11-8)15(14-13-7)5-1-6(19-2-5)3-20-21(16,17)18/h4-6H,1-3H2,(H2,10,11,12)(H2,16,17,18)/t5-,6-/m1/s1. The average Bonchev–Trinajstić information content (AvgIpc) is 3.02. The van der Waals surface area contributed by atoms with Crippen LogP contribution in [-0.2, 0) is 13.8 Å². The number of nitrogens with two attached hydrogens (primary N) is 1. The zero-order chi connectivity index (χ0) is 15.0. The average molecular weight is 316 g/mol. The minimum atomic E-state index is -4.50. The smallest absolute Gasteiger partial charge is 0.382 e. The maximum Gasteiger partial charge on any atom is 0.469 e. The molecule has 2 aromatic heterocycles. The number of hydrogen-bond donors (Lipinski definition) is 3. The summed E-state index contributed by atoms with van der Waals surface area (Å²) in [6.07, 6.45) is 1.37. The van der Waals surface area contributed by atoms with Gasteiger partial charge in [-0.05, 0) is 0 Å². The Kier molecular flexibility index (Phi) is 3.59. The van der Waals surface area contributed by atoms with Gasteiger partial charge in [0.1, 0.15) is 6.33 Å². The third-order valence-corrected chi connectivity index (χ3v) is 3.61. The summed E-state index contributed by atoms with van der Waals surface area (Å²) >= 11 is 0. The Hall–Kier alpha value is -1.65. The highest BCUT2D eigenvalue weighted by atomic mass is 31.2. The van der Waals surface area contributed by atoms with Crippen molar-refractivity contribution in [2.24, 2.45) is 0 Å². The third-order valence-electron chi connectivity index (χ3n) is 3.12. The largest absolute Gasteiger partial charge is 0.469 e. The van der Waals surface area contributed by atoms with Crippen LogP contribution in [0.4, 0.5) is 5.82 Å². The maximum atomic E-state index is 10.7. The number of phosphoric acid groups is 1. The molecule has 1 fully saturated rings. The summed E-state index contributed by atoms with van der Waals surface area (Å²) in [5.41, 5.74) is 6.59. The summed E-state index contributed by atoms with van der Waals surface area (Å²) in [5, 5.41) is 7.92. The molecule has 12 heteroatoms. The predicted octanol–water partition coefficient (Wildman–Crippen LogP) is -0.757. The molecule has 0 amide bonds. The van der Waals surface area contributed by atoms with E-state index >= 15 is 0 Å². The lowest BCUT2D eigenvalue weighted by Gasteiger charge is -2.10. The topological polar surface area (TPSA) is 158 Å². The first-order chi connectivity index (χ1) is 9.94. The molecule has 0 saturated carbocycles. The third kappa shape index (κ3) is 3.01. The minimum Gasteiger partial charge on any atom is -0.382 e. The summed E-state index contributed by atoms with van der Waals surface area (Å²) in [5.74, 6) is 0.242. The fraction of sp³-hybridized carbons (Fsp3) is 0.556. The molecule has 3 rings (SSSR count). The van der Waals surface area contributed by atoms with Crippen LogP contribution in [0.5, 0.6) is 0 Å². The van der Waals surface area contributed by atoms with Crippen LogP contribution in [0.15, 0.2) is 6.33 Å². The summed E-state index contributed by atoms with van der Waals surface area (Å²) in [7, 11) is -4.50. The van der Waals surface area contributed by atoms with E-state index in [9.17, 15) is 4.57 Å². The van der Waals surface area contributed by atoms with Crippen LogP contribution in [0.2, 0.25) is 0 Å². The Morgan fingerprint density at radius 1 is 1.52 bits per heavy atom. The number of nitrogens with zero attached hydrogens (tertiary/aromatic N) is 5. The Labute approximate surface area is 118 Å². The van der Waals surface area contributed by atoms with Gasteiger partial charge in [-0.2, -0.15) is 0 Å². The lowest BCUT2D eigenvalue weighted by molar-refractivity contribution is 0.0532. The van der Waals surface area contributed by atoms with E-state index in [-0.39, 0.29) is 18.5 Å². The molecule has 0 bridgehead atoms. The van der Waals surface area contributed by atoms with Crippen molar-refractivity contribution in [1.82, 2.24) is 25.0 Å².